The molecular formula is C40H38N2O2. The van der Waals surface area contributed by atoms with Crippen molar-refractivity contribution < 1.29 is 9.59 Å². The average Bonchev–Trinajstić information content (AvgIpc) is 3.07. The SMILES string of the molecule is CCCCC(CC)CN1C(=O)c2cccc3c(/C=C/c4ccc(N(c5ccccc5)c5ccccc5)cc4)ccc(c23)C1=O. The number of para-hydroxylation sites is 2. The maximum absolute atomic E-state index is 13.6. The van der Waals surface area contributed by atoms with Gasteiger partial charge in [0, 0.05) is 40.1 Å². The van der Waals surface area contributed by atoms with Crippen LogP contribution in [0.1, 0.15) is 71.4 Å². The van der Waals surface area contributed by atoms with Crippen molar-refractivity contribution in [3.63, 3.8) is 0 Å². The summed E-state index contributed by atoms with van der Waals surface area (Å²) in [4.78, 5) is 30.9. The predicted octanol–water partition coefficient (Wildman–Crippen LogP) is 10.3. The number of carbonyl (C=O) groups is 2. The molecular weight excluding hydrogens is 540 g/mol. The van der Waals surface area contributed by atoms with Crippen LogP contribution in [0.15, 0.2) is 115 Å². The summed E-state index contributed by atoms with van der Waals surface area (Å²) in [5.41, 5.74) is 6.54. The monoisotopic (exact) mass is 578 g/mol. The van der Waals surface area contributed by atoms with Gasteiger partial charge in [-0.3, -0.25) is 14.5 Å². The van der Waals surface area contributed by atoms with Crippen molar-refractivity contribution in [2.45, 2.75) is 39.5 Å². The molecule has 0 saturated carbocycles. The normalized spacial score (nSPS) is 13.5. The fourth-order valence-electron chi connectivity index (χ4n) is 6.18. The van der Waals surface area contributed by atoms with Crippen LogP contribution in [0.4, 0.5) is 17.1 Å². The molecule has 0 aromatic heterocycles. The Hall–Kier alpha value is -4.96. The van der Waals surface area contributed by atoms with Crippen LogP contribution in [0, 0.1) is 5.92 Å². The number of benzene rings is 5. The molecule has 0 saturated heterocycles. The first-order valence-electron chi connectivity index (χ1n) is 15.7. The van der Waals surface area contributed by atoms with Gasteiger partial charge in [0.15, 0.2) is 0 Å². The smallest absolute Gasteiger partial charge is 0.261 e. The number of amides is 2. The Labute approximate surface area is 260 Å². The summed E-state index contributed by atoms with van der Waals surface area (Å²) in [7, 11) is 0. The van der Waals surface area contributed by atoms with Crippen LogP contribution in [0.3, 0.4) is 0 Å². The Morgan fingerprint density at radius 1 is 0.659 bits per heavy atom. The van der Waals surface area contributed by atoms with Gasteiger partial charge < -0.3 is 4.90 Å². The number of hydrogen-bond acceptors (Lipinski definition) is 3. The lowest BCUT2D eigenvalue weighted by molar-refractivity contribution is 0.0580. The summed E-state index contributed by atoms with van der Waals surface area (Å²) >= 11 is 0. The molecule has 1 atom stereocenters. The number of carbonyl (C=O) groups excluding carboxylic acids is 2. The first kappa shape index (κ1) is 29.1. The van der Waals surface area contributed by atoms with E-state index < -0.39 is 0 Å². The summed E-state index contributed by atoms with van der Waals surface area (Å²) in [6.45, 7) is 4.80. The Kier molecular flexibility index (Phi) is 8.69. The number of anilines is 3. The fraction of sp³-hybridized carbons (Fsp3) is 0.200. The zero-order valence-electron chi connectivity index (χ0n) is 25.4. The molecule has 0 fully saturated rings. The highest BCUT2D eigenvalue weighted by molar-refractivity contribution is 6.26. The van der Waals surface area contributed by atoms with E-state index in [2.05, 4.69) is 104 Å². The summed E-state index contributed by atoms with van der Waals surface area (Å²) in [6, 6.07) is 38.9. The highest BCUT2D eigenvalue weighted by Crippen LogP contribution is 2.36. The summed E-state index contributed by atoms with van der Waals surface area (Å²) < 4.78 is 0. The molecule has 4 nitrogen and oxygen atoms in total. The molecule has 6 rings (SSSR count). The fourth-order valence-corrected chi connectivity index (χ4v) is 6.18. The van der Waals surface area contributed by atoms with E-state index in [4.69, 9.17) is 0 Å². The van der Waals surface area contributed by atoms with E-state index in [-0.39, 0.29) is 11.8 Å². The van der Waals surface area contributed by atoms with Crippen molar-refractivity contribution in [3.05, 3.63) is 138 Å². The van der Waals surface area contributed by atoms with Crippen LogP contribution in [0.2, 0.25) is 0 Å². The number of unbranched alkanes of at least 4 members (excludes halogenated alkanes) is 1. The molecule has 5 aromatic rings. The first-order chi connectivity index (χ1) is 21.6. The van der Waals surface area contributed by atoms with Gasteiger partial charge in [-0.1, -0.05) is 112 Å². The largest absolute Gasteiger partial charge is 0.311 e. The zero-order valence-corrected chi connectivity index (χ0v) is 25.4. The Balaban J connectivity index is 1.28. The molecule has 5 aromatic carbocycles. The van der Waals surface area contributed by atoms with Gasteiger partial charge in [0.2, 0.25) is 0 Å². The lowest BCUT2D eigenvalue weighted by atomic mass is 9.90. The molecule has 0 N–H and O–H groups in total. The van der Waals surface area contributed by atoms with Gasteiger partial charge >= 0.3 is 0 Å². The lowest BCUT2D eigenvalue weighted by Gasteiger charge is -2.30. The van der Waals surface area contributed by atoms with E-state index in [0.29, 0.717) is 23.6 Å². The molecule has 0 aliphatic carbocycles. The Morgan fingerprint density at radius 3 is 1.89 bits per heavy atom. The third-order valence-electron chi connectivity index (χ3n) is 8.64. The van der Waals surface area contributed by atoms with Crippen LogP contribution in [0.5, 0.6) is 0 Å². The van der Waals surface area contributed by atoms with Crippen LogP contribution >= 0.6 is 0 Å². The summed E-state index contributed by atoms with van der Waals surface area (Å²) in [5.74, 6) is -0.0352. The molecule has 0 bridgehead atoms. The van der Waals surface area contributed by atoms with Crippen LogP contribution in [0.25, 0.3) is 22.9 Å². The van der Waals surface area contributed by atoms with Crippen molar-refractivity contribution in [3.8, 4) is 0 Å². The van der Waals surface area contributed by atoms with E-state index in [0.717, 1.165) is 64.6 Å². The minimum Gasteiger partial charge on any atom is -0.311 e. The Bertz CT molecular complexity index is 1730. The maximum atomic E-state index is 13.6. The average molecular weight is 579 g/mol. The number of rotatable bonds is 11. The lowest BCUT2D eigenvalue weighted by Crippen LogP contribution is -2.43. The second kappa shape index (κ2) is 13.1. The molecule has 1 aliphatic heterocycles. The molecule has 2 amide bonds. The van der Waals surface area contributed by atoms with Crippen molar-refractivity contribution in [2.24, 2.45) is 5.92 Å². The number of hydrogen-bond donors (Lipinski definition) is 0. The van der Waals surface area contributed by atoms with Crippen molar-refractivity contribution in [2.75, 3.05) is 11.4 Å². The second-order valence-electron chi connectivity index (χ2n) is 11.5. The third-order valence-corrected chi connectivity index (χ3v) is 8.64. The Morgan fingerprint density at radius 2 is 1.27 bits per heavy atom. The minimum atomic E-state index is -0.179. The quantitative estimate of drug-likeness (QED) is 0.116. The van der Waals surface area contributed by atoms with Crippen molar-refractivity contribution in [1.29, 1.82) is 0 Å². The molecule has 4 heteroatoms. The minimum absolute atomic E-state index is 0.179. The molecule has 44 heavy (non-hydrogen) atoms. The maximum Gasteiger partial charge on any atom is 0.261 e. The van der Waals surface area contributed by atoms with E-state index >= 15 is 0 Å². The van der Waals surface area contributed by atoms with E-state index in [1.165, 1.54) is 4.90 Å². The predicted molar refractivity (Wildman–Crippen MR) is 183 cm³/mol. The van der Waals surface area contributed by atoms with Gasteiger partial charge in [-0.05, 0) is 77.4 Å². The second-order valence-corrected chi connectivity index (χ2v) is 11.5. The van der Waals surface area contributed by atoms with Gasteiger partial charge in [-0.2, -0.15) is 0 Å². The summed E-state index contributed by atoms with van der Waals surface area (Å²) in [5, 5.41) is 1.69. The highest BCUT2D eigenvalue weighted by atomic mass is 16.2. The van der Waals surface area contributed by atoms with Gasteiger partial charge in [0.25, 0.3) is 11.8 Å². The van der Waals surface area contributed by atoms with Gasteiger partial charge in [-0.15, -0.1) is 0 Å². The van der Waals surface area contributed by atoms with Crippen LogP contribution in [-0.4, -0.2) is 23.3 Å². The highest BCUT2D eigenvalue weighted by Gasteiger charge is 2.34. The molecule has 1 aliphatic rings. The molecule has 0 spiro atoms. The van der Waals surface area contributed by atoms with Crippen LogP contribution < -0.4 is 4.90 Å². The molecule has 0 radical (unpaired) electrons. The van der Waals surface area contributed by atoms with Gasteiger partial charge in [0.1, 0.15) is 0 Å². The third kappa shape index (κ3) is 5.80. The van der Waals surface area contributed by atoms with Crippen molar-refractivity contribution >= 4 is 51.8 Å². The number of nitrogens with zero attached hydrogens (tertiary/aromatic N) is 2. The number of imide groups is 1. The first-order valence-corrected chi connectivity index (χ1v) is 15.7. The summed E-state index contributed by atoms with van der Waals surface area (Å²) in [6.07, 6.45) is 8.36. The van der Waals surface area contributed by atoms with E-state index in [9.17, 15) is 9.59 Å². The van der Waals surface area contributed by atoms with E-state index in [1.54, 1.807) is 0 Å². The van der Waals surface area contributed by atoms with Crippen molar-refractivity contribution in [1.82, 2.24) is 4.90 Å². The van der Waals surface area contributed by atoms with E-state index in [1.807, 2.05) is 42.5 Å². The van der Waals surface area contributed by atoms with Gasteiger partial charge in [0.05, 0.1) is 0 Å². The zero-order chi connectivity index (χ0) is 30.5. The standard InChI is InChI=1S/C40H38N2O2/c1-3-5-13-29(4-2)28-41-39(43)36-19-12-18-35-31(24-27-37(38(35)36)40(41)44)23-20-30-21-25-34(26-22-30)42(32-14-8-6-9-15-32)33-16-10-7-11-17-33/h6-12,14-27,29H,3-5,13,28H2,1-2H3/b23-20+. The molecule has 1 unspecified atom stereocenters. The topological polar surface area (TPSA) is 40.6 Å². The van der Waals surface area contributed by atoms with Crippen LogP contribution in [-0.2, 0) is 0 Å². The molecule has 1 heterocycles. The molecule has 220 valence electrons. The van der Waals surface area contributed by atoms with Gasteiger partial charge in [-0.25, -0.2) is 0 Å².